The first-order valence-electron chi connectivity index (χ1n) is 6.54. The zero-order valence-electron chi connectivity index (χ0n) is 10.9. The summed E-state index contributed by atoms with van der Waals surface area (Å²) in [5.41, 5.74) is 1.35. The number of benzene rings is 1. The molecule has 1 aliphatic rings. The molecular formula is C15H20N2O. The quantitative estimate of drug-likeness (QED) is 0.763. The van der Waals surface area contributed by atoms with Gasteiger partial charge in [-0.1, -0.05) is 12.1 Å². The van der Waals surface area contributed by atoms with Crippen LogP contribution in [0.1, 0.15) is 18.4 Å². The molecule has 0 spiro atoms. The van der Waals surface area contributed by atoms with Gasteiger partial charge in [0.2, 0.25) is 0 Å². The highest BCUT2D eigenvalue weighted by atomic mass is 16.5. The number of ether oxygens (including phenoxy) is 1. The Morgan fingerprint density at radius 1 is 1.39 bits per heavy atom. The zero-order valence-corrected chi connectivity index (χ0v) is 10.9. The summed E-state index contributed by atoms with van der Waals surface area (Å²) in [5, 5.41) is 8.67. The third-order valence-corrected chi connectivity index (χ3v) is 3.66. The van der Waals surface area contributed by atoms with E-state index in [1.165, 1.54) is 18.4 Å². The van der Waals surface area contributed by atoms with Crippen molar-refractivity contribution < 1.29 is 4.74 Å². The molecule has 1 saturated heterocycles. The minimum absolute atomic E-state index is 0.575. The Hall–Kier alpha value is -1.53. The molecular weight excluding hydrogens is 224 g/mol. The predicted octanol–water partition coefficient (Wildman–Crippen LogP) is 2.47. The van der Waals surface area contributed by atoms with Gasteiger partial charge in [0.25, 0.3) is 0 Å². The maximum absolute atomic E-state index is 8.67. The van der Waals surface area contributed by atoms with Crippen molar-refractivity contribution in [2.45, 2.75) is 19.3 Å². The van der Waals surface area contributed by atoms with Crippen molar-refractivity contribution in [1.82, 2.24) is 4.90 Å². The monoisotopic (exact) mass is 244 g/mol. The van der Waals surface area contributed by atoms with Gasteiger partial charge in [0.1, 0.15) is 5.75 Å². The maximum Gasteiger partial charge on any atom is 0.119 e. The van der Waals surface area contributed by atoms with Crippen molar-refractivity contribution >= 4 is 0 Å². The van der Waals surface area contributed by atoms with Crippen LogP contribution in [0.3, 0.4) is 0 Å². The van der Waals surface area contributed by atoms with E-state index in [-0.39, 0.29) is 0 Å². The Kier molecular flexibility index (Phi) is 4.60. The molecule has 0 aliphatic carbocycles. The highest BCUT2D eigenvalue weighted by molar-refractivity contribution is 5.28. The summed E-state index contributed by atoms with van der Waals surface area (Å²) in [6.45, 7) is 2.69. The van der Waals surface area contributed by atoms with Crippen molar-refractivity contribution in [2.24, 2.45) is 5.92 Å². The second-order valence-corrected chi connectivity index (χ2v) is 4.93. The van der Waals surface area contributed by atoms with Crippen LogP contribution in [0.4, 0.5) is 0 Å². The summed E-state index contributed by atoms with van der Waals surface area (Å²) in [7, 11) is 1.71. The van der Waals surface area contributed by atoms with Crippen LogP contribution in [-0.2, 0) is 6.42 Å². The van der Waals surface area contributed by atoms with Crippen LogP contribution in [0.25, 0.3) is 0 Å². The molecule has 0 radical (unpaired) electrons. The van der Waals surface area contributed by atoms with Gasteiger partial charge in [0.15, 0.2) is 0 Å². The molecule has 0 atom stereocenters. The molecule has 3 nitrogen and oxygen atoms in total. The van der Waals surface area contributed by atoms with Crippen molar-refractivity contribution in [2.75, 3.05) is 26.7 Å². The third-order valence-electron chi connectivity index (χ3n) is 3.66. The fraction of sp³-hybridized carbons (Fsp3) is 0.533. The Morgan fingerprint density at radius 2 is 2.17 bits per heavy atom. The van der Waals surface area contributed by atoms with Crippen LogP contribution in [0.5, 0.6) is 5.75 Å². The van der Waals surface area contributed by atoms with E-state index in [4.69, 9.17) is 10.00 Å². The SMILES string of the molecule is COc1cccc(CC2CCN(CC#N)CC2)c1. The normalized spacial score (nSPS) is 17.3. The summed E-state index contributed by atoms with van der Waals surface area (Å²) < 4.78 is 5.25. The van der Waals surface area contributed by atoms with Crippen LogP contribution in [0.15, 0.2) is 24.3 Å². The van der Waals surface area contributed by atoms with Gasteiger partial charge < -0.3 is 4.74 Å². The van der Waals surface area contributed by atoms with Gasteiger partial charge in [0, 0.05) is 0 Å². The van der Waals surface area contributed by atoms with Crippen molar-refractivity contribution in [3.63, 3.8) is 0 Å². The van der Waals surface area contributed by atoms with Crippen molar-refractivity contribution in [3.8, 4) is 11.8 Å². The molecule has 1 aromatic carbocycles. The number of hydrogen-bond acceptors (Lipinski definition) is 3. The lowest BCUT2D eigenvalue weighted by molar-refractivity contribution is 0.202. The predicted molar refractivity (Wildman–Crippen MR) is 71.5 cm³/mol. The second-order valence-electron chi connectivity index (χ2n) is 4.93. The highest BCUT2D eigenvalue weighted by Gasteiger charge is 2.19. The highest BCUT2D eigenvalue weighted by Crippen LogP contribution is 2.23. The molecule has 1 fully saturated rings. The number of nitriles is 1. The lowest BCUT2D eigenvalue weighted by atomic mass is 9.90. The van der Waals surface area contributed by atoms with Gasteiger partial charge in [-0.2, -0.15) is 5.26 Å². The Labute approximate surface area is 109 Å². The molecule has 0 aromatic heterocycles. The van der Waals surface area contributed by atoms with E-state index in [1.54, 1.807) is 7.11 Å². The molecule has 0 unspecified atom stereocenters. The molecule has 1 aliphatic heterocycles. The number of rotatable bonds is 4. The third kappa shape index (κ3) is 3.48. The van der Waals surface area contributed by atoms with Gasteiger partial charge in [-0.3, -0.25) is 4.90 Å². The van der Waals surface area contributed by atoms with Gasteiger partial charge >= 0.3 is 0 Å². The summed E-state index contributed by atoms with van der Waals surface area (Å²) in [5.74, 6) is 1.68. The van der Waals surface area contributed by atoms with Crippen molar-refractivity contribution in [1.29, 1.82) is 5.26 Å². The first-order chi connectivity index (χ1) is 8.81. The van der Waals surface area contributed by atoms with Crippen molar-refractivity contribution in [3.05, 3.63) is 29.8 Å². The number of nitrogens with zero attached hydrogens (tertiary/aromatic N) is 2. The smallest absolute Gasteiger partial charge is 0.119 e. The summed E-state index contributed by atoms with van der Waals surface area (Å²) in [6, 6.07) is 10.6. The summed E-state index contributed by atoms with van der Waals surface area (Å²) in [4.78, 5) is 2.24. The Bertz CT molecular complexity index is 417. The summed E-state index contributed by atoms with van der Waals surface area (Å²) in [6.07, 6.45) is 3.51. The molecule has 3 heteroatoms. The van der Waals surface area contributed by atoms with Crippen LogP contribution >= 0.6 is 0 Å². The van der Waals surface area contributed by atoms with Crippen LogP contribution < -0.4 is 4.74 Å². The molecule has 1 heterocycles. The molecule has 18 heavy (non-hydrogen) atoms. The van der Waals surface area contributed by atoms with E-state index in [0.29, 0.717) is 6.54 Å². The first-order valence-corrected chi connectivity index (χ1v) is 6.54. The van der Waals surface area contributed by atoms with Gasteiger partial charge in [-0.15, -0.1) is 0 Å². The molecule has 0 bridgehead atoms. The minimum Gasteiger partial charge on any atom is -0.497 e. The number of piperidine rings is 1. The lowest BCUT2D eigenvalue weighted by Crippen LogP contribution is -2.34. The van der Waals surface area contributed by atoms with E-state index >= 15 is 0 Å². The van der Waals surface area contributed by atoms with Gasteiger partial charge in [-0.05, 0) is 56.0 Å². The van der Waals surface area contributed by atoms with E-state index in [1.807, 2.05) is 6.07 Å². The number of methoxy groups -OCH3 is 1. The molecule has 0 saturated carbocycles. The average molecular weight is 244 g/mol. The summed E-state index contributed by atoms with van der Waals surface area (Å²) >= 11 is 0. The molecule has 2 rings (SSSR count). The van der Waals surface area contributed by atoms with Gasteiger partial charge in [0.05, 0.1) is 19.7 Å². The van der Waals surface area contributed by atoms with E-state index in [0.717, 1.165) is 31.2 Å². The minimum atomic E-state index is 0.575. The standard InChI is InChI=1S/C15H20N2O/c1-18-15-4-2-3-14(12-15)11-13-5-8-17(9-6-13)10-7-16/h2-4,12-13H,5-6,8-11H2,1H3. The first kappa shape index (κ1) is 12.9. The van der Waals surface area contributed by atoms with E-state index < -0.39 is 0 Å². The molecule has 96 valence electrons. The van der Waals surface area contributed by atoms with Crippen LogP contribution in [0.2, 0.25) is 0 Å². The molecule has 0 N–H and O–H groups in total. The zero-order chi connectivity index (χ0) is 12.8. The molecule has 1 aromatic rings. The van der Waals surface area contributed by atoms with E-state index in [9.17, 15) is 0 Å². The Morgan fingerprint density at radius 3 is 2.83 bits per heavy atom. The van der Waals surface area contributed by atoms with Crippen LogP contribution in [0, 0.1) is 17.2 Å². The van der Waals surface area contributed by atoms with Crippen LogP contribution in [-0.4, -0.2) is 31.6 Å². The lowest BCUT2D eigenvalue weighted by Gasteiger charge is -2.30. The number of hydrogen-bond donors (Lipinski definition) is 0. The fourth-order valence-corrected chi connectivity index (χ4v) is 2.58. The second kappa shape index (κ2) is 6.42. The average Bonchev–Trinajstić information content (AvgIpc) is 2.42. The van der Waals surface area contributed by atoms with Gasteiger partial charge in [-0.25, -0.2) is 0 Å². The van der Waals surface area contributed by atoms with E-state index in [2.05, 4.69) is 29.2 Å². The Balaban J connectivity index is 1.86. The topological polar surface area (TPSA) is 36.3 Å². The maximum atomic E-state index is 8.67. The number of likely N-dealkylation sites (tertiary alicyclic amines) is 1. The largest absolute Gasteiger partial charge is 0.497 e. The molecule has 0 amide bonds. The fourth-order valence-electron chi connectivity index (χ4n) is 2.58.